The summed E-state index contributed by atoms with van der Waals surface area (Å²) in [7, 11) is 0. The van der Waals surface area contributed by atoms with Crippen LogP contribution < -0.4 is 13.2 Å². The molecule has 9 rings (SSSR count). The van der Waals surface area contributed by atoms with Crippen LogP contribution in [0, 0.1) is 83.1 Å². The maximum absolute atomic E-state index is 2.86. The Morgan fingerprint density at radius 2 is 0.328 bits per heavy atom. The molecule has 0 unspecified atom stereocenters. The molecule has 0 bridgehead atoms. The summed E-state index contributed by atoms with van der Waals surface area (Å²) in [5, 5.41) is 0. The van der Waals surface area contributed by atoms with E-state index in [0.29, 0.717) is 0 Å². The van der Waals surface area contributed by atoms with Gasteiger partial charge in [-0.2, -0.15) is 0 Å². The van der Waals surface area contributed by atoms with E-state index in [4.69, 9.17) is 0 Å². The van der Waals surface area contributed by atoms with E-state index in [2.05, 4.69) is 247 Å². The van der Waals surface area contributed by atoms with Crippen molar-refractivity contribution in [2.24, 2.45) is 0 Å². The summed E-state index contributed by atoms with van der Waals surface area (Å²) in [5.41, 5.74) is 31.3. The van der Waals surface area contributed by atoms with Crippen LogP contribution in [-0.2, 0) is 0 Å². The van der Waals surface area contributed by atoms with Gasteiger partial charge in [-0.25, -0.2) is 0 Å². The van der Waals surface area contributed by atoms with Crippen LogP contribution >= 0.6 is 0 Å². The third kappa shape index (κ3) is 8.81. The molecule has 1 radical (unpaired) electrons. The van der Waals surface area contributed by atoms with E-state index in [1.807, 2.05) is 0 Å². The molecular formula is C66H63Ge. The van der Waals surface area contributed by atoms with Crippen molar-refractivity contribution in [1.29, 1.82) is 0 Å². The van der Waals surface area contributed by atoms with Gasteiger partial charge in [0.15, 0.2) is 0 Å². The quantitative estimate of drug-likeness (QED) is 0.127. The van der Waals surface area contributed by atoms with Crippen molar-refractivity contribution in [3.63, 3.8) is 0 Å². The van der Waals surface area contributed by atoms with Crippen LogP contribution in [0.2, 0.25) is 0 Å². The predicted molar refractivity (Wildman–Crippen MR) is 293 cm³/mol. The first-order valence-corrected chi connectivity index (χ1v) is 27.1. The Morgan fingerprint density at radius 3 is 0.463 bits per heavy atom. The number of rotatable bonds is 9. The monoisotopic (exact) mass is 929 g/mol. The van der Waals surface area contributed by atoms with E-state index in [1.165, 1.54) is 147 Å². The second-order valence-corrected chi connectivity index (χ2v) is 24.6. The van der Waals surface area contributed by atoms with E-state index in [-0.39, 0.29) is 0 Å². The van der Waals surface area contributed by atoms with Crippen molar-refractivity contribution in [2.45, 2.75) is 83.1 Å². The first-order chi connectivity index (χ1) is 32.2. The van der Waals surface area contributed by atoms with Crippen molar-refractivity contribution in [2.75, 3.05) is 0 Å². The van der Waals surface area contributed by atoms with E-state index < -0.39 is 14.3 Å². The van der Waals surface area contributed by atoms with Gasteiger partial charge < -0.3 is 0 Å². The van der Waals surface area contributed by atoms with Gasteiger partial charge in [0.1, 0.15) is 0 Å². The molecular weight excluding hydrogens is 865 g/mol. The Kier molecular flexibility index (Phi) is 12.7. The van der Waals surface area contributed by atoms with Crippen LogP contribution in [0.3, 0.4) is 0 Å². The normalized spacial score (nSPS) is 11.4. The van der Waals surface area contributed by atoms with E-state index in [9.17, 15) is 0 Å². The summed E-state index contributed by atoms with van der Waals surface area (Å²) in [4.78, 5) is 0. The molecule has 0 saturated carbocycles. The second kappa shape index (κ2) is 18.7. The molecule has 0 N–H and O–H groups in total. The standard InChI is InChI=1S/C66H63Ge/c1-40-19-13-20-41(2)61(40)52-31-53(62-42(3)21-14-22-43(62)4)35-58(34-52)67(59-36-54(63-44(5)23-15-24-45(63)6)32-55(37-59)64-46(7)25-16-26-47(64)8)60-38-56(65-48(9)27-17-28-49(65)10)33-57(39-60)66-50(11)29-18-30-51(66)12/h13-39H,1-12H3. The molecule has 0 aliphatic rings. The Labute approximate surface area is 405 Å². The molecule has 67 heavy (non-hydrogen) atoms. The van der Waals surface area contributed by atoms with E-state index in [0.717, 1.165) is 0 Å². The number of benzene rings is 9. The molecule has 0 aliphatic heterocycles. The molecule has 0 heterocycles. The molecule has 0 atom stereocenters. The van der Waals surface area contributed by atoms with Crippen LogP contribution in [0.5, 0.6) is 0 Å². The van der Waals surface area contributed by atoms with Crippen molar-refractivity contribution in [1.82, 2.24) is 0 Å². The van der Waals surface area contributed by atoms with Gasteiger partial charge in [-0.15, -0.1) is 0 Å². The second-order valence-electron chi connectivity index (χ2n) is 19.4. The molecule has 0 aliphatic carbocycles. The zero-order valence-corrected chi connectivity index (χ0v) is 43.7. The molecule has 9 aromatic carbocycles. The molecule has 0 fully saturated rings. The molecule has 1 heteroatoms. The fourth-order valence-electron chi connectivity index (χ4n) is 11.3. The summed E-state index contributed by atoms with van der Waals surface area (Å²) in [6.07, 6.45) is 0. The van der Waals surface area contributed by atoms with Crippen molar-refractivity contribution in [3.8, 4) is 66.8 Å². The Morgan fingerprint density at radius 1 is 0.194 bits per heavy atom. The fraction of sp³-hybridized carbons (Fsp3) is 0.182. The van der Waals surface area contributed by atoms with E-state index >= 15 is 0 Å². The zero-order valence-electron chi connectivity index (χ0n) is 41.6. The van der Waals surface area contributed by atoms with E-state index in [1.54, 1.807) is 0 Å². The Hall–Kier alpha value is -6.48. The molecule has 0 nitrogen and oxygen atoms in total. The van der Waals surface area contributed by atoms with Gasteiger partial charge in [-0.1, -0.05) is 0 Å². The first-order valence-electron chi connectivity index (χ1n) is 23.9. The third-order valence-electron chi connectivity index (χ3n) is 14.3. The van der Waals surface area contributed by atoms with Crippen molar-refractivity contribution in [3.05, 3.63) is 231 Å². The van der Waals surface area contributed by atoms with Crippen LogP contribution in [-0.4, -0.2) is 14.3 Å². The van der Waals surface area contributed by atoms with Crippen LogP contribution in [0.15, 0.2) is 164 Å². The topological polar surface area (TPSA) is 0 Å². The molecule has 0 aromatic heterocycles. The van der Waals surface area contributed by atoms with Crippen molar-refractivity contribution < 1.29 is 0 Å². The summed E-state index contributed by atoms with van der Waals surface area (Å²) in [6.45, 7) is 27.3. The van der Waals surface area contributed by atoms with Gasteiger partial charge in [0.25, 0.3) is 0 Å². The minimum absolute atomic E-state index is 1.29. The van der Waals surface area contributed by atoms with Gasteiger partial charge in [0.2, 0.25) is 0 Å². The summed E-state index contributed by atoms with van der Waals surface area (Å²) in [5.74, 6) is 0. The van der Waals surface area contributed by atoms with Gasteiger partial charge in [0.05, 0.1) is 0 Å². The van der Waals surface area contributed by atoms with Crippen LogP contribution in [0.4, 0.5) is 0 Å². The summed E-state index contributed by atoms with van der Waals surface area (Å²) < 4.78 is 4.32. The summed E-state index contributed by atoms with van der Waals surface area (Å²) >= 11 is -2.86. The van der Waals surface area contributed by atoms with Crippen molar-refractivity contribution >= 4 is 27.5 Å². The average molecular weight is 929 g/mol. The fourth-order valence-corrected chi connectivity index (χ4v) is 17.2. The number of aryl methyl sites for hydroxylation is 12. The van der Waals surface area contributed by atoms with Gasteiger partial charge in [0, 0.05) is 0 Å². The first kappa shape index (κ1) is 45.7. The molecule has 0 saturated heterocycles. The zero-order chi connectivity index (χ0) is 47.3. The molecule has 0 spiro atoms. The van der Waals surface area contributed by atoms with Gasteiger partial charge in [-0.3, -0.25) is 0 Å². The SMILES string of the molecule is Cc1cccc(C)c1-c1cc(-c2c(C)cccc2C)c[c]([Ge]([c]2cc(-c3c(C)cccc3C)cc(-c3c(C)cccc3C)c2)[c]2cc(-c3c(C)cccc3C)cc(-c3c(C)cccc3C)c2)c1. The van der Waals surface area contributed by atoms with Crippen LogP contribution in [0.25, 0.3) is 66.8 Å². The van der Waals surface area contributed by atoms with Gasteiger partial charge in [-0.05, 0) is 0 Å². The molecule has 0 amide bonds. The Bertz CT molecular complexity index is 2690. The Balaban J connectivity index is 1.47. The maximum atomic E-state index is 2.59. The number of hydrogen-bond acceptors (Lipinski definition) is 0. The van der Waals surface area contributed by atoms with Crippen LogP contribution in [0.1, 0.15) is 66.8 Å². The number of hydrogen-bond donors (Lipinski definition) is 0. The third-order valence-corrected chi connectivity index (χ3v) is 19.7. The molecule has 9 aromatic rings. The summed E-state index contributed by atoms with van der Waals surface area (Å²) in [6, 6.07) is 63.5. The van der Waals surface area contributed by atoms with Gasteiger partial charge >= 0.3 is 408 Å². The predicted octanol–water partition coefficient (Wildman–Crippen LogP) is 15.9. The minimum atomic E-state index is -2.86. The average Bonchev–Trinajstić information content (AvgIpc) is 3.26. The molecule has 331 valence electrons.